The molecule has 142 valence electrons. The van der Waals surface area contributed by atoms with E-state index in [2.05, 4.69) is 10.5 Å². The minimum Gasteiger partial charge on any atom is -0.489 e. The maximum absolute atomic E-state index is 12.1. The molecule has 6 heteroatoms. The van der Waals surface area contributed by atoms with Crippen molar-refractivity contribution < 1.29 is 9.53 Å². The summed E-state index contributed by atoms with van der Waals surface area (Å²) in [6.07, 6.45) is 0. The Balaban J connectivity index is 1.57. The van der Waals surface area contributed by atoms with E-state index in [9.17, 15) is 4.79 Å². The average Bonchev–Trinajstić information content (AvgIpc) is 2.72. The summed E-state index contributed by atoms with van der Waals surface area (Å²) in [6, 6.07) is 21.7. The zero-order chi connectivity index (χ0) is 19.9. The van der Waals surface area contributed by atoms with Gasteiger partial charge in [0.25, 0.3) is 5.91 Å². The van der Waals surface area contributed by atoms with Crippen LogP contribution in [-0.4, -0.2) is 11.6 Å². The fourth-order valence-electron chi connectivity index (χ4n) is 2.40. The van der Waals surface area contributed by atoms with Crippen molar-refractivity contribution in [1.82, 2.24) is 5.43 Å². The summed E-state index contributed by atoms with van der Waals surface area (Å²) in [5.74, 6) is 0.454. The van der Waals surface area contributed by atoms with Crippen molar-refractivity contribution in [2.24, 2.45) is 5.10 Å². The summed E-state index contributed by atoms with van der Waals surface area (Å²) in [7, 11) is 0. The van der Waals surface area contributed by atoms with E-state index < -0.39 is 0 Å². The van der Waals surface area contributed by atoms with Crippen LogP contribution < -0.4 is 10.2 Å². The van der Waals surface area contributed by atoms with E-state index in [-0.39, 0.29) is 5.91 Å². The molecule has 1 amide bonds. The number of nitrogens with one attached hydrogen (secondary N) is 1. The highest BCUT2D eigenvalue weighted by Gasteiger charge is 2.05. The molecule has 0 aliphatic carbocycles. The summed E-state index contributed by atoms with van der Waals surface area (Å²) in [5, 5.41) is 5.43. The predicted octanol–water partition coefficient (Wildman–Crippen LogP) is 5.73. The van der Waals surface area contributed by atoms with Crippen LogP contribution in [0.2, 0.25) is 10.0 Å². The largest absolute Gasteiger partial charge is 0.489 e. The summed E-state index contributed by atoms with van der Waals surface area (Å²) in [4.78, 5) is 12.1. The second-order valence-electron chi connectivity index (χ2n) is 6.08. The molecule has 0 aliphatic rings. The van der Waals surface area contributed by atoms with Gasteiger partial charge in [-0.05, 0) is 78.7 Å². The minimum atomic E-state index is -0.293. The fourth-order valence-corrected chi connectivity index (χ4v) is 2.66. The molecule has 0 aromatic heterocycles. The van der Waals surface area contributed by atoms with Gasteiger partial charge in [0.15, 0.2) is 0 Å². The standard InChI is InChI=1S/C22H18Cl2N2O2/c1-15(25-26-22(27)18-4-10-20(24)11-5-18)17-6-12-21(13-7-17)28-14-16-2-8-19(23)9-3-16/h2-13H,14H2,1H3,(H,26,27)/b25-15-. The van der Waals surface area contributed by atoms with Gasteiger partial charge >= 0.3 is 0 Å². The Labute approximate surface area is 173 Å². The van der Waals surface area contributed by atoms with E-state index in [0.29, 0.717) is 27.9 Å². The van der Waals surface area contributed by atoms with Crippen LogP contribution in [0, 0.1) is 0 Å². The summed E-state index contributed by atoms with van der Waals surface area (Å²) in [5.41, 5.74) is 5.65. The van der Waals surface area contributed by atoms with Crippen LogP contribution in [0.3, 0.4) is 0 Å². The molecule has 4 nitrogen and oxygen atoms in total. The number of hydrogen-bond acceptors (Lipinski definition) is 3. The molecule has 3 aromatic carbocycles. The van der Waals surface area contributed by atoms with E-state index in [4.69, 9.17) is 27.9 Å². The van der Waals surface area contributed by atoms with Gasteiger partial charge in [-0.1, -0.05) is 35.3 Å². The maximum atomic E-state index is 12.1. The van der Waals surface area contributed by atoms with Gasteiger partial charge in [-0.15, -0.1) is 0 Å². The van der Waals surface area contributed by atoms with Gasteiger partial charge in [0.1, 0.15) is 12.4 Å². The Morgan fingerprint density at radius 1 is 0.857 bits per heavy atom. The predicted molar refractivity (Wildman–Crippen MR) is 113 cm³/mol. The molecule has 0 heterocycles. The Kier molecular flexibility index (Phi) is 6.69. The second kappa shape index (κ2) is 9.40. The number of ether oxygens (including phenoxy) is 1. The van der Waals surface area contributed by atoms with Gasteiger partial charge in [-0.25, -0.2) is 5.43 Å². The van der Waals surface area contributed by atoms with Gasteiger partial charge in [0, 0.05) is 15.6 Å². The summed E-state index contributed by atoms with van der Waals surface area (Å²) < 4.78 is 5.77. The number of hydrogen-bond donors (Lipinski definition) is 1. The SMILES string of the molecule is C/C(=N/NC(=O)c1ccc(Cl)cc1)c1ccc(OCc2ccc(Cl)cc2)cc1. The van der Waals surface area contributed by atoms with Crippen molar-refractivity contribution in [3.63, 3.8) is 0 Å². The number of hydrazone groups is 1. The first-order valence-electron chi connectivity index (χ1n) is 8.59. The number of nitrogens with zero attached hydrogens (tertiary/aromatic N) is 1. The van der Waals surface area contributed by atoms with Crippen LogP contribution in [0.25, 0.3) is 0 Å². The van der Waals surface area contributed by atoms with Crippen molar-refractivity contribution in [2.45, 2.75) is 13.5 Å². The topological polar surface area (TPSA) is 50.7 Å². The molecule has 0 fully saturated rings. The Bertz CT molecular complexity index is 967. The number of amides is 1. The molecule has 3 rings (SSSR count). The Morgan fingerprint density at radius 2 is 1.39 bits per heavy atom. The Morgan fingerprint density at radius 3 is 2.00 bits per heavy atom. The highest BCUT2D eigenvalue weighted by atomic mass is 35.5. The zero-order valence-corrected chi connectivity index (χ0v) is 16.7. The van der Waals surface area contributed by atoms with Crippen molar-refractivity contribution in [1.29, 1.82) is 0 Å². The van der Waals surface area contributed by atoms with E-state index in [0.717, 1.165) is 16.9 Å². The third-order valence-electron chi connectivity index (χ3n) is 4.02. The van der Waals surface area contributed by atoms with E-state index in [1.165, 1.54) is 0 Å². The van der Waals surface area contributed by atoms with Crippen LogP contribution in [0.4, 0.5) is 0 Å². The van der Waals surface area contributed by atoms with Crippen molar-refractivity contribution in [3.8, 4) is 5.75 Å². The van der Waals surface area contributed by atoms with Crippen LogP contribution >= 0.6 is 23.2 Å². The maximum Gasteiger partial charge on any atom is 0.271 e. The van der Waals surface area contributed by atoms with Gasteiger partial charge < -0.3 is 4.74 Å². The van der Waals surface area contributed by atoms with Crippen LogP contribution in [0.5, 0.6) is 5.75 Å². The third-order valence-corrected chi connectivity index (χ3v) is 4.53. The fraction of sp³-hybridized carbons (Fsp3) is 0.0909. The third kappa shape index (κ3) is 5.59. The molecule has 3 aromatic rings. The van der Waals surface area contributed by atoms with E-state index >= 15 is 0 Å². The first-order valence-corrected chi connectivity index (χ1v) is 9.35. The lowest BCUT2D eigenvalue weighted by Crippen LogP contribution is -2.19. The monoisotopic (exact) mass is 412 g/mol. The first kappa shape index (κ1) is 19.9. The molecule has 1 N–H and O–H groups in total. The second-order valence-corrected chi connectivity index (χ2v) is 6.96. The highest BCUT2D eigenvalue weighted by molar-refractivity contribution is 6.30. The molecular weight excluding hydrogens is 395 g/mol. The van der Waals surface area contributed by atoms with Gasteiger partial charge in [-0.2, -0.15) is 5.10 Å². The van der Waals surface area contributed by atoms with Crippen LogP contribution in [0.1, 0.15) is 28.4 Å². The van der Waals surface area contributed by atoms with E-state index in [1.807, 2.05) is 55.5 Å². The highest BCUT2D eigenvalue weighted by Crippen LogP contribution is 2.16. The molecule has 0 spiro atoms. The van der Waals surface area contributed by atoms with Crippen molar-refractivity contribution in [3.05, 3.63) is 99.5 Å². The lowest BCUT2D eigenvalue weighted by Gasteiger charge is -2.08. The van der Waals surface area contributed by atoms with Crippen LogP contribution in [-0.2, 0) is 6.61 Å². The molecular formula is C22H18Cl2N2O2. The molecule has 0 saturated heterocycles. The summed E-state index contributed by atoms with van der Waals surface area (Å²) >= 11 is 11.7. The van der Waals surface area contributed by atoms with Crippen molar-refractivity contribution in [2.75, 3.05) is 0 Å². The number of carbonyl (C=O) groups is 1. The lowest BCUT2D eigenvalue weighted by atomic mass is 10.1. The molecule has 0 bridgehead atoms. The van der Waals surface area contributed by atoms with Gasteiger partial charge in [0.05, 0.1) is 5.71 Å². The number of benzene rings is 3. The molecule has 0 unspecified atom stereocenters. The van der Waals surface area contributed by atoms with Gasteiger partial charge in [-0.3, -0.25) is 4.79 Å². The normalized spacial score (nSPS) is 11.2. The molecule has 28 heavy (non-hydrogen) atoms. The quantitative estimate of drug-likeness (QED) is 0.415. The molecule has 0 saturated carbocycles. The van der Waals surface area contributed by atoms with E-state index in [1.54, 1.807) is 24.3 Å². The first-order chi connectivity index (χ1) is 13.5. The van der Waals surface area contributed by atoms with Gasteiger partial charge in [0.2, 0.25) is 0 Å². The number of carbonyl (C=O) groups excluding carboxylic acids is 1. The molecule has 0 radical (unpaired) electrons. The lowest BCUT2D eigenvalue weighted by molar-refractivity contribution is 0.0955. The molecule has 0 atom stereocenters. The number of rotatable bonds is 6. The smallest absolute Gasteiger partial charge is 0.271 e. The zero-order valence-electron chi connectivity index (χ0n) is 15.2. The Hall–Kier alpha value is -2.82. The summed E-state index contributed by atoms with van der Waals surface area (Å²) in [6.45, 7) is 2.28. The number of halogens is 2. The average molecular weight is 413 g/mol. The van der Waals surface area contributed by atoms with Crippen LogP contribution in [0.15, 0.2) is 77.9 Å². The molecule has 0 aliphatic heterocycles. The van der Waals surface area contributed by atoms with Crippen molar-refractivity contribution >= 4 is 34.8 Å². The minimum absolute atomic E-state index is 0.293.